The third-order valence-corrected chi connectivity index (χ3v) is 3.00. The number of benzene rings is 1. The third kappa shape index (κ3) is 3.58. The largest absolute Gasteiger partial charge is 0.376 e. The predicted molar refractivity (Wildman–Crippen MR) is 67.4 cm³/mol. The third-order valence-electron chi connectivity index (χ3n) is 2.69. The molecule has 4 nitrogen and oxygen atoms in total. The average Bonchev–Trinajstić information content (AvgIpc) is 2.84. The van der Waals surface area contributed by atoms with Crippen LogP contribution in [0.15, 0.2) is 18.2 Å². The highest BCUT2D eigenvalue weighted by atomic mass is 35.5. The summed E-state index contributed by atoms with van der Waals surface area (Å²) >= 11 is 5.54. The van der Waals surface area contributed by atoms with Crippen LogP contribution in [-0.4, -0.2) is 25.3 Å². The van der Waals surface area contributed by atoms with E-state index in [4.69, 9.17) is 16.3 Å². The summed E-state index contributed by atoms with van der Waals surface area (Å²) in [6.45, 7) is 1.21. The fourth-order valence-corrected chi connectivity index (χ4v) is 1.88. The van der Waals surface area contributed by atoms with E-state index in [2.05, 4.69) is 10.6 Å². The van der Waals surface area contributed by atoms with Crippen LogP contribution in [0.3, 0.4) is 0 Å². The van der Waals surface area contributed by atoms with E-state index in [1.807, 2.05) is 0 Å². The van der Waals surface area contributed by atoms with Gasteiger partial charge in [0.2, 0.25) is 0 Å². The van der Waals surface area contributed by atoms with Crippen LogP contribution in [0.25, 0.3) is 0 Å². The maximum Gasteiger partial charge on any atom is 0.319 e. The minimum absolute atomic E-state index is 0.0281. The van der Waals surface area contributed by atoms with Gasteiger partial charge in [-0.3, -0.25) is 0 Å². The number of carbonyl (C=O) groups excluding carboxylic acids is 1. The molecule has 0 spiro atoms. The lowest BCUT2D eigenvalue weighted by Gasteiger charge is -2.11. The summed E-state index contributed by atoms with van der Waals surface area (Å²) in [5, 5.41) is 5.23. The molecular weight excluding hydrogens is 259 g/mol. The van der Waals surface area contributed by atoms with Crippen molar-refractivity contribution in [1.82, 2.24) is 5.32 Å². The SMILES string of the molecule is O=C(NC[C@H]1CCCO1)Nc1ccc(Cl)c(F)c1. The Kier molecular flexibility index (Phi) is 4.38. The Bertz CT molecular complexity index is 436. The van der Waals surface area contributed by atoms with Gasteiger partial charge in [-0.15, -0.1) is 0 Å². The number of ether oxygens (including phenoxy) is 1. The van der Waals surface area contributed by atoms with Crippen molar-refractivity contribution in [1.29, 1.82) is 0 Å². The fraction of sp³-hybridized carbons (Fsp3) is 0.417. The molecule has 0 aromatic heterocycles. The van der Waals surface area contributed by atoms with Crippen molar-refractivity contribution < 1.29 is 13.9 Å². The van der Waals surface area contributed by atoms with Gasteiger partial charge in [-0.25, -0.2) is 9.18 Å². The van der Waals surface area contributed by atoms with Crippen LogP contribution in [0.2, 0.25) is 5.02 Å². The molecule has 18 heavy (non-hydrogen) atoms. The van der Waals surface area contributed by atoms with Gasteiger partial charge in [0, 0.05) is 18.8 Å². The number of urea groups is 1. The van der Waals surface area contributed by atoms with E-state index in [1.165, 1.54) is 18.2 Å². The van der Waals surface area contributed by atoms with Crippen molar-refractivity contribution in [2.24, 2.45) is 0 Å². The zero-order valence-corrected chi connectivity index (χ0v) is 10.5. The Morgan fingerprint density at radius 3 is 3.06 bits per heavy atom. The molecule has 2 amide bonds. The Hall–Kier alpha value is -1.33. The van der Waals surface area contributed by atoms with Gasteiger partial charge in [-0.2, -0.15) is 0 Å². The highest BCUT2D eigenvalue weighted by Crippen LogP contribution is 2.18. The van der Waals surface area contributed by atoms with Crippen LogP contribution in [0.5, 0.6) is 0 Å². The summed E-state index contributed by atoms with van der Waals surface area (Å²) in [5.74, 6) is -0.561. The maximum atomic E-state index is 13.1. The number of halogens is 2. The molecule has 1 atom stereocenters. The van der Waals surface area contributed by atoms with E-state index in [1.54, 1.807) is 0 Å². The molecule has 1 fully saturated rings. The zero-order chi connectivity index (χ0) is 13.0. The Labute approximate surface area is 109 Å². The number of amides is 2. The Morgan fingerprint density at radius 1 is 1.56 bits per heavy atom. The first-order valence-corrected chi connectivity index (χ1v) is 6.14. The number of rotatable bonds is 3. The van der Waals surface area contributed by atoms with Crippen LogP contribution in [0, 0.1) is 5.82 Å². The molecule has 1 aromatic carbocycles. The van der Waals surface area contributed by atoms with E-state index in [0.29, 0.717) is 12.2 Å². The standard InChI is InChI=1S/C12H14ClFN2O2/c13-10-4-3-8(6-11(10)14)16-12(17)15-7-9-2-1-5-18-9/h3-4,6,9H,1-2,5,7H2,(H2,15,16,17)/t9-/m1/s1. The molecule has 0 unspecified atom stereocenters. The molecule has 0 radical (unpaired) electrons. The van der Waals surface area contributed by atoms with E-state index in [9.17, 15) is 9.18 Å². The zero-order valence-electron chi connectivity index (χ0n) is 9.71. The Morgan fingerprint density at radius 2 is 2.39 bits per heavy atom. The summed E-state index contributed by atoms with van der Waals surface area (Å²) in [7, 11) is 0. The molecule has 2 rings (SSSR count). The van der Waals surface area contributed by atoms with Gasteiger partial charge < -0.3 is 15.4 Å². The van der Waals surface area contributed by atoms with Gasteiger partial charge in [-0.1, -0.05) is 11.6 Å². The second kappa shape index (κ2) is 6.02. The van der Waals surface area contributed by atoms with Crippen LogP contribution < -0.4 is 10.6 Å². The van der Waals surface area contributed by atoms with Crippen molar-refractivity contribution in [2.45, 2.75) is 18.9 Å². The first-order chi connectivity index (χ1) is 8.65. The molecular formula is C12H14ClFN2O2. The highest BCUT2D eigenvalue weighted by Gasteiger charge is 2.16. The number of hydrogen-bond acceptors (Lipinski definition) is 2. The van der Waals surface area contributed by atoms with Crippen molar-refractivity contribution in [2.75, 3.05) is 18.5 Å². The van der Waals surface area contributed by atoms with E-state index in [0.717, 1.165) is 19.4 Å². The molecule has 6 heteroatoms. The number of anilines is 1. The first kappa shape index (κ1) is 13.1. The fourth-order valence-electron chi connectivity index (χ4n) is 1.76. The van der Waals surface area contributed by atoms with E-state index < -0.39 is 5.82 Å². The Balaban J connectivity index is 1.80. The molecule has 1 saturated heterocycles. The topological polar surface area (TPSA) is 50.4 Å². The van der Waals surface area contributed by atoms with Crippen molar-refractivity contribution in [3.63, 3.8) is 0 Å². The molecule has 1 aliphatic heterocycles. The van der Waals surface area contributed by atoms with Crippen molar-refractivity contribution in [3.05, 3.63) is 29.0 Å². The lowest BCUT2D eigenvalue weighted by atomic mass is 10.2. The summed E-state index contributed by atoms with van der Waals surface area (Å²) in [6.07, 6.45) is 2.06. The van der Waals surface area contributed by atoms with Crippen LogP contribution >= 0.6 is 11.6 Å². The molecule has 2 N–H and O–H groups in total. The van der Waals surface area contributed by atoms with Gasteiger partial charge in [0.25, 0.3) is 0 Å². The van der Waals surface area contributed by atoms with Crippen LogP contribution in [0.4, 0.5) is 14.9 Å². The molecule has 0 bridgehead atoms. The molecule has 0 saturated carbocycles. The van der Waals surface area contributed by atoms with Gasteiger partial charge in [0.05, 0.1) is 11.1 Å². The van der Waals surface area contributed by atoms with Gasteiger partial charge >= 0.3 is 6.03 Å². The monoisotopic (exact) mass is 272 g/mol. The van der Waals surface area contributed by atoms with E-state index in [-0.39, 0.29) is 17.2 Å². The number of hydrogen-bond donors (Lipinski definition) is 2. The molecule has 0 aliphatic carbocycles. The van der Waals surface area contributed by atoms with Crippen molar-refractivity contribution >= 4 is 23.3 Å². The summed E-state index contributed by atoms with van der Waals surface area (Å²) < 4.78 is 18.5. The molecule has 1 aliphatic rings. The molecule has 1 heterocycles. The smallest absolute Gasteiger partial charge is 0.319 e. The lowest BCUT2D eigenvalue weighted by molar-refractivity contribution is 0.112. The molecule has 98 valence electrons. The highest BCUT2D eigenvalue weighted by molar-refractivity contribution is 6.30. The second-order valence-corrected chi connectivity index (χ2v) is 4.51. The summed E-state index contributed by atoms with van der Waals surface area (Å²) in [4.78, 5) is 11.5. The van der Waals surface area contributed by atoms with Crippen molar-refractivity contribution in [3.8, 4) is 0 Å². The summed E-state index contributed by atoms with van der Waals surface area (Å²) in [6, 6.07) is 3.73. The molecule has 1 aromatic rings. The lowest BCUT2D eigenvalue weighted by Crippen LogP contribution is -2.35. The second-order valence-electron chi connectivity index (χ2n) is 4.10. The van der Waals surface area contributed by atoms with E-state index >= 15 is 0 Å². The average molecular weight is 273 g/mol. The summed E-state index contributed by atoms with van der Waals surface area (Å²) in [5.41, 5.74) is 0.363. The normalized spacial score (nSPS) is 18.7. The van der Waals surface area contributed by atoms with Gasteiger partial charge in [0.15, 0.2) is 0 Å². The number of nitrogens with one attached hydrogen (secondary N) is 2. The first-order valence-electron chi connectivity index (χ1n) is 5.76. The minimum atomic E-state index is -0.561. The number of carbonyl (C=O) groups is 1. The predicted octanol–water partition coefficient (Wildman–Crippen LogP) is 2.78. The van der Waals surface area contributed by atoms with Gasteiger partial charge in [-0.05, 0) is 31.0 Å². The van der Waals surface area contributed by atoms with Crippen LogP contribution in [-0.2, 0) is 4.74 Å². The maximum absolute atomic E-state index is 13.1. The van der Waals surface area contributed by atoms with Gasteiger partial charge in [0.1, 0.15) is 5.82 Å². The minimum Gasteiger partial charge on any atom is -0.376 e. The van der Waals surface area contributed by atoms with Crippen LogP contribution in [0.1, 0.15) is 12.8 Å². The quantitative estimate of drug-likeness (QED) is 0.889.